The molecule has 0 amide bonds. The molecule has 0 saturated carbocycles. The Morgan fingerprint density at radius 3 is 3.10 bits per heavy atom. The zero-order valence-corrected chi connectivity index (χ0v) is 12.1. The molecule has 104 valence electrons. The van der Waals surface area contributed by atoms with Gasteiger partial charge in [-0.2, -0.15) is 0 Å². The van der Waals surface area contributed by atoms with Crippen LogP contribution < -0.4 is 4.74 Å². The van der Waals surface area contributed by atoms with Gasteiger partial charge in [0.05, 0.1) is 17.7 Å². The van der Waals surface area contributed by atoms with E-state index in [1.54, 1.807) is 24.6 Å². The lowest BCUT2D eigenvalue weighted by Crippen LogP contribution is -1.98. The average molecular weight is 290 g/mol. The first kappa shape index (κ1) is 13.1. The lowest BCUT2D eigenvalue weighted by molar-refractivity contribution is 0.184. The highest BCUT2D eigenvalue weighted by atomic mass is 32.1. The van der Waals surface area contributed by atoms with E-state index >= 15 is 0 Å². The molecule has 0 aromatic carbocycles. The number of aromatic nitrogens is 2. The molecule has 0 fully saturated rings. The van der Waals surface area contributed by atoms with Crippen LogP contribution in [-0.4, -0.2) is 17.1 Å². The summed E-state index contributed by atoms with van der Waals surface area (Å²) in [4.78, 5) is 8.66. The van der Waals surface area contributed by atoms with Crippen molar-refractivity contribution >= 4 is 22.3 Å². The molecule has 3 aromatic rings. The predicted molar refractivity (Wildman–Crippen MR) is 75.9 cm³/mol. The van der Waals surface area contributed by atoms with E-state index in [1.807, 2.05) is 24.4 Å². The molecule has 20 heavy (non-hydrogen) atoms. The van der Waals surface area contributed by atoms with Gasteiger partial charge in [-0.15, -0.1) is 11.3 Å². The van der Waals surface area contributed by atoms with E-state index in [1.165, 1.54) is 0 Å². The van der Waals surface area contributed by atoms with Gasteiger partial charge in [-0.05, 0) is 13.0 Å². The molecule has 5 nitrogen and oxygen atoms in total. The molecule has 6 heteroatoms. The summed E-state index contributed by atoms with van der Waals surface area (Å²) in [6.45, 7) is 2.82. The third kappa shape index (κ3) is 2.66. The number of aryl methyl sites for hydroxylation is 1. The Kier molecular flexibility index (Phi) is 3.66. The molecule has 3 aromatic heterocycles. The summed E-state index contributed by atoms with van der Waals surface area (Å²) in [7, 11) is 1.66. The molecule has 0 N–H and O–H groups in total. The number of hydrogen-bond donors (Lipinski definition) is 0. The van der Waals surface area contributed by atoms with E-state index in [-0.39, 0.29) is 0 Å². The van der Waals surface area contributed by atoms with Crippen LogP contribution in [0.15, 0.2) is 28.1 Å². The second-order valence-electron chi connectivity index (χ2n) is 4.34. The first-order chi connectivity index (χ1) is 9.76. The highest BCUT2D eigenvalue weighted by Gasteiger charge is 2.09. The summed E-state index contributed by atoms with van der Waals surface area (Å²) in [5.41, 5.74) is 1.66. The van der Waals surface area contributed by atoms with Crippen molar-refractivity contribution in [3.8, 4) is 5.88 Å². The molecule has 0 aliphatic carbocycles. The highest BCUT2D eigenvalue weighted by molar-refractivity contribution is 7.09. The monoisotopic (exact) mass is 290 g/mol. The number of hydrogen-bond acceptors (Lipinski definition) is 6. The second-order valence-corrected chi connectivity index (χ2v) is 5.28. The summed E-state index contributed by atoms with van der Waals surface area (Å²) in [5, 5.41) is 3.79. The number of rotatable bonds is 5. The summed E-state index contributed by atoms with van der Waals surface area (Å²) in [5.74, 6) is 1.41. The molecule has 0 atom stereocenters. The Hall–Kier alpha value is -1.92. The van der Waals surface area contributed by atoms with Crippen molar-refractivity contribution in [2.75, 3.05) is 7.11 Å². The minimum atomic E-state index is 0.385. The maximum atomic E-state index is 5.74. The van der Waals surface area contributed by atoms with Gasteiger partial charge in [-0.1, -0.05) is 0 Å². The van der Waals surface area contributed by atoms with Gasteiger partial charge in [0.1, 0.15) is 23.0 Å². The van der Waals surface area contributed by atoms with E-state index in [9.17, 15) is 0 Å². The quantitative estimate of drug-likeness (QED) is 0.721. The van der Waals surface area contributed by atoms with Crippen LogP contribution in [0, 0.1) is 6.92 Å². The van der Waals surface area contributed by atoms with Crippen LogP contribution in [0.2, 0.25) is 0 Å². The van der Waals surface area contributed by atoms with Crippen molar-refractivity contribution in [1.29, 1.82) is 0 Å². The minimum Gasteiger partial charge on any atom is -0.471 e. The normalized spacial score (nSPS) is 11.1. The largest absolute Gasteiger partial charge is 0.471 e. The maximum Gasteiger partial charge on any atom is 0.225 e. The van der Waals surface area contributed by atoms with Crippen molar-refractivity contribution in [3.05, 3.63) is 40.2 Å². The van der Waals surface area contributed by atoms with Crippen molar-refractivity contribution < 1.29 is 13.9 Å². The molecular weight excluding hydrogens is 276 g/mol. The molecule has 0 aliphatic heterocycles. The van der Waals surface area contributed by atoms with Gasteiger partial charge in [0, 0.05) is 24.8 Å². The van der Waals surface area contributed by atoms with Gasteiger partial charge in [0.15, 0.2) is 0 Å². The zero-order chi connectivity index (χ0) is 13.9. The molecule has 0 spiro atoms. The maximum absolute atomic E-state index is 5.74. The van der Waals surface area contributed by atoms with Crippen LogP contribution in [0.3, 0.4) is 0 Å². The summed E-state index contributed by atoms with van der Waals surface area (Å²) in [6, 6.07) is 3.75. The molecule has 0 saturated heterocycles. The van der Waals surface area contributed by atoms with E-state index in [4.69, 9.17) is 13.9 Å². The van der Waals surface area contributed by atoms with Crippen LogP contribution in [0.25, 0.3) is 11.0 Å². The van der Waals surface area contributed by atoms with Crippen LogP contribution >= 0.6 is 11.3 Å². The van der Waals surface area contributed by atoms with Crippen LogP contribution in [0.4, 0.5) is 0 Å². The first-order valence-corrected chi connectivity index (χ1v) is 7.04. The van der Waals surface area contributed by atoms with Crippen molar-refractivity contribution in [2.24, 2.45) is 0 Å². The fourth-order valence-electron chi connectivity index (χ4n) is 1.93. The molecule has 3 heterocycles. The molecule has 0 radical (unpaired) electrons. The standard InChI is InChI=1S/C14H14N2O3S/c1-9-5-11-12(19-9)3-4-15-14(11)18-6-10-8-20-13(16-10)7-17-2/h3-5,8H,6-7H2,1-2H3. The molecule has 0 aliphatic rings. The number of nitrogens with zero attached hydrogens (tertiary/aromatic N) is 2. The Morgan fingerprint density at radius 2 is 2.25 bits per heavy atom. The Bertz CT molecular complexity index is 720. The Labute approximate surface area is 120 Å². The summed E-state index contributed by atoms with van der Waals surface area (Å²) < 4.78 is 16.3. The number of pyridine rings is 1. The lowest BCUT2D eigenvalue weighted by atomic mass is 10.3. The third-order valence-electron chi connectivity index (χ3n) is 2.76. The highest BCUT2D eigenvalue weighted by Crippen LogP contribution is 2.26. The third-order valence-corrected chi connectivity index (χ3v) is 3.63. The van der Waals surface area contributed by atoms with E-state index < -0.39 is 0 Å². The van der Waals surface area contributed by atoms with Crippen LogP contribution in [0.5, 0.6) is 5.88 Å². The van der Waals surface area contributed by atoms with E-state index in [2.05, 4.69) is 9.97 Å². The molecule has 3 rings (SSSR count). The summed E-state index contributed by atoms with van der Waals surface area (Å²) in [6.07, 6.45) is 1.68. The van der Waals surface area contributed by atoms with Crippen LogP contribution in [0.1, 0.15) is 16.5 Å². The zero-order valence-electron chi connectivity index (χ0n) is 11.3. The number of ether oxygens (including phenoxy) is 2. The first-order valence-electron chi connectivity index (χ1n) is 6.16. The number of methoxy groups -OCH3 is 1. The van der Waals surface area contributed by atoms with Gasteiger partial charge in [0.25, 0.3) is 0 Å². The average Bonchev–Trinajstić information content (AvgIpc) is 3.02. The van der Waals surface area contributed by atoms with Crippen molar-refractivity contribution in [2.45, 2.75) is 20.1 Å². The number of thiazole rings is 1. The van der Waals surface area contributed by atoms with Gasteiger partial charge in [0.2, 0.25) is 5.88 Å². The fraction of sp³-hybridized carbons (Fsp3) is 0.286. The van der Waals surface area contributed by atoms with Crippen LogP contribution in [-0.2, 0) is 18.0 Å². The number of furan rings is 1. The minimum absolute atomic E-state index is 0.385. The molecule has 0 bridgehead atoms. The Balaban J connectivity index is 1.75. The molecule has 0 unspecified atom stereocenters. The van der Waals surface area contributed by atoms with E-state index in [0.717, 1.165) is 27.4 Å². The lowest BCUT2D eigenvalue weighted by Gasteiger charge is -2.03. The van der Waals surface area contributed by atoms with Gasteiger partial charge >= 0.3 is 0 Å². The van der Waals surface area contributed by atoms with Gasteiger partial charge < -0.3 is 13.9 Å². The fourth-order valence-corrected chi connectivity index (χ4v) is 2.68. The van der Waals surface area contributed by atoms with E-state index in [0.29, 0.717) is 19.1 Å². The summed E-state index contributed by atoms with van der Waals surface area (Å²) >= 11 is 1.56. The number of fused-ring (bicyclic) bond motifs is 1. The Morgan fingerprint density at radius 1 is 1.35 bits per heavy atom. The van der Waals surface area contributed by atoms with Gasteiger partial charge in [-0.3, -0.25) is 0 Å². The molecular formula is C14H14N2O3S. The van der Waals surface area contributed by atoms with Crippen molar-refractivity contribution in [1.82, 2.24) is 9.97 Å². The van der Waals surface area contributed by atoms with Crippen molar-refractivity contribution in [3.63, 3.8) is 0 Å². The SMILES string of the molecule is COCc1nc(COc2nccc3oc(C)cc23)cs1. The second kappa shape index (κ2) is 5.60. The predicted octanol–water partition coefficient (Wildman–Crippen LogP) is 3.32. The smallest absolute Gasteiger partial charge is 0.225 e. The topological polar surface area (TPSA) is 57.4 Å². The van der Waals surface area contributed by atoms with Gasteiger partial charge in [-0.25, -0.2) is 9.97 Å².